The van der Waals surface area contributed by atoms with Gasteiger partial charge in [-0.3, -0.25) is 4.98 Å². The maximum atomic E-state index is 6.28. The second kappa shape index (κ2) is 17.4. The molecule has 0 saturated heterocycles. The fourth-order valence-corrected chi connectivity index (χ4v) is 9.29. The number of hydrogen-bond acceptors (Lipinski definition) is 3. The predicted molar refractivity (Wildman–Crippen MR) is 267 cm³/mol. The smallest absolute Gasteiger partial charge is 0.128 e. The third-order valence-corrected chi connectivity index (χ3v) is 12.5. The summed E-state index contributed by atoms with van der Waals surface area (Å²) < 4.78 is 8.68. The van der Waals surface area contributed by atoms with Gasteiger partial charge in [-0.2, -0.15) is 0 Å². The summed E-state index contributed by atoms with van der Waals surface area (Å²) in [6, 6.07) is 70.7. The van der Waals surface area contributed by atoms with E-state index in [1.54, 1.807) is 6.20 Å². The number of fused-ring (bicyclic) bond motifs is 9. The predicted octanol–water partition coefficient (Wildman–Crippen LogP) is 16.3. The van der Waals surface area contributed by atoms with Crippen LogP contribution in [-0.4, -0.2) is 14.5 Å². The number of furan rings is 1. The van der Waals surface area contributed by atoms with Gasteiger partial charge in [0.15, 0.2) is 0 Å². The minimum atomic E-state index is 0. The summed E-state index contributed by atoms with van der Waals surface area (Å²) in [7, 11) is 0. The maximum absolute atomic E-state index is 6.28. The molecule has 3 heterocycles. The number of pyridine rings is 1. The van der Waals surface area contributed by atoms with Crippen molar-refractivity contribution >= 4 is 65.3 Å². The summed E-state index contributed by atoms with van der Waals surface area (Å²) in [4.78, 5) is 9.68. The first kappa shape index (κ1) is 41.8. The Kier molecular flexibility index (Phi) is 11.2. The Labute approximate surface area is 392 Å². The minimum absolute atomic E-state index is 0. The van der Waals surface area contributed by atoms with Crippen LogP contribution in [0.2, 0.25) is 0 Å². The third-order valence-electron chi connectivity index (χ3n) is 12.5. The number of hydrogen-bond donors (Lipinski definition) is 0. The Hall–Kier alpha value is -7.17. The first-order valence-corrected chi connectivity index (χ1v) is 22.1. The van der Waals surface area contributed by atoms with Gasteiger partial charge in [0.25, 0.3) is 0 Å². The quantitative estimate of drug-likeness (QED) is 0.123. The Morgan fingerprint density at radius 2 is 1.17 bits per heavy atom. The van der Waals surface area contributed by atoms with Gasteiger partial charge in [-0.1, -0.05) is 177 Å². The van der Waals surface area contributed by atoms with Crippen LogP contribution in [0.1, 0.15) is 50.7 Å². The third kappa shape index (κ3) is 7.51. The number of nitrogens with zero attached hydrogens (tertiary/aromatic N) is 3. The van der Waals surface area contributed by atoms with Crippen molar-refractivity contribution in [3.05, 3.63) is 211 Å². The summed E-state index contributed by atoms with van der Waals surface area (Å²) in [6.45, 7) is 9.18. The molecule has 0 amide bonds. The molecule has 0 N–H and O–H groups in total. The number of rotatable bonds is 6. The zero-order valence-electron chi connectivity index (χ0n) is 36.6. The standard InChI is InChI=1S/C39H33N2.C21H12NO.Ir/c1-25(2)34-23-31(27-12-6-5-7-13-27)24-35(26(3)4)38(34)41-37-17-11-10-16-36(37)40-39(41)30-20-21-33-29(22-30)19-18-28-14-8-9-15-32(28)33;1-2-7-15-14(6-1)11-12-17-16-8-5-9-18(21(16)23-20(15)17)19-10-3-4-13-22-19;/h5-19,21-26H,1-4H3;1-8,10-13H;/q2*-1;. The normalized spacial score (nSPS) is 11.5. The van der Waals surface area contributed by atoms with Crippen molar-refractivity contribution in [2.75, 3.05) is 0 Å². The fourth-order valence-electron chi connectivity index (χ4n) is 9.29. The molecule has 0 aliphatic rings. The molecule has 317 valence electrons. The molecule has 0 fully saturated rings. The van der Waals surface area contributed by atoms with Crippen LogP contribution in [0.15, 0.2) is 193 Å². The van der Waals surface area contributed by atoms with E-state index in [9.17, 15) is 0 Å². The molecule has 65 heavy (non-hydrogen) atoms. The molecule has 0 saturated carbocycles. The van der Waals surface area contributed by atoms with Crippen LogP contribution >= 0.6 is 0 Å². The Morgan fingerprint density at radius 3 is 1.92 bits per heavy atom. The summed E-state index contributed by atoms with van der Waals surface area (Å²) in [6.07, 6.45) is 1.79. The van der Waals surface area contributed by atoms with E-state index in [1.807, 2.05) is 36.4 Å². The van der Waals surface area contributed by atoms with Crippen molar-refractivity contribution in [3.8, 4) is 39.5 Å². The Morgan fingerprint density at radius 1 is 0.523 bits per heavy atom. The van der Waals surface area contributed by atoms with Gasteiger partial charge in [-0.25, -0.2) is 0 Å². The van der Waals surface area contributed by atoms with Crippen LogP contribution < -0.4 is 0 Å². The Bertz CT molecular complexity index is 3650. The van der Waals surface area contributed by atoms with Crippen LogP contribution in [0.25, 0.3) is 105 Å². The van der Waals surface area contributed by atoms with Gasteiger partial charge in [0.1, 0.15) is 5.58 Å². The van der Waals surface area contributed by atoms with Gasteiger partial charge in [-0.15, -0.1) is 47.3 Å². The molecule has 0 atom stereocenters. The zero-order valence-corrected chi connectivity index (χ0v) is 39.0. The molecule has 0 aliphatic carbocycles. The maximum Gasteiger partial charge on any atom is 0.128 e. The van der Waals surface area contributed by atoms with E-state index in [0.29, 0.717) is 11.8 Å². The van der Waals surface area contributed by atoms with Crippen molar-refractivity contribution in [2.45, 2.75) is 39.5 Å². The molecular formula is C60H45IrN3O-2. The van der Waals surface area contributed by atoms with E-state index in [0.717, 1.165) is 61.0 Å². The van der Waals surface area contributed by atoms with Gasteiger partial charge >= 0.3 is 0 Å². The van der Waals surface area contributed by atoms with Crippen LogP contribution in [0.5, 0.6) is 0 Å². The largest absolute Gasteiger partial charge is 0.500 e. The van der Waals surface area contributed by atoms with Crippen LogP contribution in [0.3, 0.4) is 0 Å². The molecule has 3 aromatic heterocycles. The first-order valence-electron chi connectivity index (χ1n) is 22.1. The van der Waals surface area contributed by atoms with Crippen molar-refractivity contribution in [1.82, 2.24) is 14.5 Å². The van der Waals surface area contributed by atoms with Crippen molar-refractivity contribution in [2.24, 2.45) is 0 Å². The second-order valence-electron chi connectivity index (χ2n) is 17.2. The van der Waals surface area contributed by atoms with Gasteiger partial charge < -0.3 is 14.0 Å². The fraction of sp³-hybridized carbons (Fsp3) is 0.100. The van der Waals surface area contributed by atoms with E-state index in [2.05, 4.69) is 195 Å². The molecule has 4 nitrogen and oxygen atoms in total. The molecule has 9 aromatic carbocycles. The van der Waals surface area contributed by atoms with E-state index in [4.69, 9.17) is 9.40 Å². The monoisotopic (exact) mass is 1020 g/mol. The zero-order chi connectivity index (χ0) is 43.3. The number of imidazole rings is 1. The van der Waals surface area contributed by atoms with E-state index < -0.39 is 0 Å². The van der Waals surface area contributed by atoms with E-state index in [1.165, 1.54) is 54.9 Å². The van der Waals surface area contributed by atoms with Crippen molar-refractivity contribution in [3.63, 3.8) is 0 Å². The van der Waals surface area contributed by atoms with Crippen molar-refractivity contribution in [1.29, 1.82) is 0 Å². The van der Waals surface area contributed by atoms with E-state index in [-0.39, 0.29) is 20.1 Å². The summed E-state index contributed by atoms with van der Waals surface area (Å²) in [5.74, 6) is 1.58. The number of para-hydroxylation sites is 2. The molecule has 1 radical (unpaired) electrons. The van der Waals surface area contributed by atoms with Crippen molar-refractivity contribution < 1.29 is 24.5 Å². The minimum Gasteiger partial charge on any atom is -0.500 e. The number of aromatic nitrogens is 3. The Balaban J connectivity index is 0.000000175. The molecular weight excluding hydrogens is 971 g/mol. The first-order chi connectivity index (χ1) is 31.4. The van der Waals surface area contributed by atoms with E-state index >= 15 is 0 Å². The van der Waals surface area contributed by atoms with Gasteiger partial charge in [-0.05, 0) is 80.9 Å². The summed E-state index contributed by atoms with van der Waals surface area (Å²) in [5.41, 5.74) is 13.1. The molecule has 0 aliphatic heterocycles. The molecule has 0 spiro atoms. The van der Waals surface area contributed by atoms with Gasteiger partial charge in [0.05, 0.1) is 22.4 Å². The molecule has 0 unspecified atom stereocenters. The number of benzene rings is 9. The molecule has 12 rings (SSSR count). The van der Waals surface area contributed by atoms with Crippen LogP contribution in [-0.2, 0) is 20.1 Å². The SMILES string of the molecule is CC(C)c1cc(-c2ccccc2)cc(C(C)C)c1-n1c(-c2[c-]cc3c(ccc4ccccc43)c2)nc2ccccc21.[Ir].[c-]1ccc2c(oc3c4ccccc4ccc23)c1-c1ccccn1. The van der Waals surface area contributed by atoms with Gasteiger partial charge in [0.2, 0.25) is 0 Å². The van der Waals surface area contributed by atoms with Crippen LogP contribution in [0, 0.1) is 12.1 Å². The molecule has 12 aromatic rings. The summed E-state index contributed by atoms with van der Waals surface area (Å²) >= 11 is 0. The topological polar surface area (TPSA) is 43.9 Å². The average Bonchev–Trinajstić information content (AvgIpc) is 3.93. The molecule has 5 heteroatoms. The average molecular weight is 1020 g/mol. The molecule has 0 bridgehead atoms. The second-order valence-corrected chi connectivity index (χ2v) is 17.2. The summed E-state index contributed by atoms with van der Waals surface area (Å²) in [5, 5.41) is 9.46. The van der Waals surface area contributed by atoms with Crippen LogP contribution in [0.4, 0.5) is 0 Å². The van der Waals surface area contributed by atoms with Gasteiger partial charge in [0, 0.05) is 42.8 Å².